The highest BCUT2D eigenvalue weighted by Crippen LogP contribution is 2.60. The summed E-state index contributed by atoms with van der Waals surface area (Å²) in [4.78, 5) is 16.7. The van der Waals surface area contributed by atoms with Gasteiger partial charge in [0.25, 0.3) is 0 Å². The maximum absolute atomic E-state index is 13.8. The summed E-state index contributed by atoms with van der Waals surface area (Å²) in [7, 11) is 0. The lowest BCUT2D eigenvalue weighted by Gasteiger charge is -2.13. The van der Waals surface area contributed by atoms with Crippen molar-refractivity contribution < 1.29 is 31.8 Å². The Morgan fingerprint density at radius 3 is 2.56 bits per heavy atom. The quantitative estimate of drug-likeness (QED) is 0.379. The minimum Gasteiger partial charge on any atom is -0.440 e. The number of carbonyl (C=O) groups excluding carboxylic acids is 1. The molecule has 5 nitrogen and oxygen atoms in total. The number of ether oxygens (including phenoxy) is 2. The first-order valence-corrected chi connectivity index (χ1v) is 9.77. The van der Waals surface area contributed by atoms with Crippen LogP contribution in [0, 0.1) is 34.4 Å². The second kappa shape index (κ2) is 8.79. The van der Waals surface area contributed by atoms with Crippen molar-refractivity contribution in [2.45, 2.75) is 26.1 Å². The highest BCUT2D eigenvalue weighted by atomic mass is 35.5. The second-order valence-electron chi connectivity index (χ2n) is 7.72. The summed E-state index contributed by atoms with van der Waals surface area (Å²) >= 11 is 5.29. The van der Waals surface area contributed by atoms with Gasteiger partial charge in [-0.3, -0.25) is 4.79 Å². The minimum atomic E-state index is -4.72. The van der Waals surface area contributed by atoms with Gasteiger partial charge in [0.1, 0.15) is 11.1 Å². The Labute approximate surface area is 186 Å². The van der Waals surface area contributed by atoms with Gasteiger partial charge in [-0.15, -0.1) is 0 Å². The van der Waals surface area contributed by atoms with Crippen molar-refractivity contribution in [3.63, 3.8) is 0 Å². The molecule has 3 rings (SSSR count). The maximum atomic E-state index is 13.8. The fourth-order valence-electron chi connectivity index (χ4n) is 3.31. The molecule has 2 aromatic rings. The molecule has 0 radical (unpaired) electrons. The molecule has 1 fully saturated rings. The number of aromatic nitrogens is 1. The molecule has 3 unspecified atom stereocenters. The predicted octanol–water partition coefficient (Wildman–Crippen LogP) is 6.08. The van der Waals surface area contributed by atoms with Crippen LogP contribution < -0.4 is 4.74 Å². The van der Waals surface area contributed by atoms with Crippen LogP contribution in [0.1, 0.15) is 25.6 Å². The van der Waals surface area contributed by atoms with Crippen molar-refractivity contribution in [3.05, 3.63) is 65.1 Å². The van der Waals surface area contributed by atoms with Crippen LogP contribution in [0.4, 0.5) is 17.6 Å². The number of nitriles is 1. The molecule has 1 aliphatic carbocycles. The van der Waals surface area contributed by atoms with Crippen LogP contribution in [-0.4, -0.2) is 17.1 Å². The lowest BCUT2D eigenvalue weighted by atomic mass is 10.1. The molecule has 1 aromatic heterocycles. The van der Waals surface area contributed by atoms with E-state index in [0.717, 1.165) is 6.08 Å². The molecule has 1 saturated carbocycles. The number of halogens is 5. The number of para-hydroxylation sites is 1. The topological polar surface area (TPSA) is 72.2 Å². The van der Waals surface area contributed by atoms with E-state index in [1.807, 2.05) is 0 Å². The van der Waals surface area contributed by atoms with Crippen LogP contribution in [0.3, 0.4) is 0 Å². The number of benzene rings is 1. The standard InChI is InChI=1S/C22H17ClF4N2O3/c1-21(2)12(10-17(23)22(25,26)27)19(21)20(30)32-16(11-28)14-7-5-9-18(29-14)31-15-8-4-3-6-13(15)24/h3-10,12,16,19H,1-2H3. The van der Waals surface area contributed by atoms with Crippen molar-refractivity contribution in [1.29, 1.82) is 5.26 Å². The summed E-state index contributed by atoms with van der Waals surface area (Å²) in [6, 6.07) is 11.7. The summed E-state index contributed by atoms with van der Waals surface area (Å²) < 4.78 is 62.5. The molecule has 0 bridgehead atoms. The van der Waals surface area contributed by atoms with Crippen molar-refractivity contribution >= 4 is 17.6 Å². The Morgan fingerprint density at radius 2 is 1.94 bits per heavy atom. The molecule has 0 saturated heterocycles. The highest BCUT2D eigenvalue weighted by Gasteiger charge is 2.62. The fraction of sp³-hybridized carbons (Fsp3) is 0.318. The number of rotatable bonds is 6. The Bertz CT molecular complexity index is 1100. The van der Waals surface area contributed by atoms with Gasteiger partial charge in [-0.05, 0) is 29.5 Å². The third-order valence-electron chi connectivity index (χ3n) is 5.18. The number of allylic oxidation sites excluding steroid dienone is 2. The van der Waals surface area contributed by atoms with Gasteiger partial charge in [0, 0.05) is 6.07 Å². The molecule has 0 N–H and O–H groups in total. The Hall–Kier alpha value is -3.12. The summed E-state index contributed by atoms with van der Waals surface area (Å²) in [5.41, 5.74) is -0.806. The van der Waals surface area contributed by atoms with Crippen molar-refractivity contribution in [3.8, 4) is 17.7 Å². The molecule has 1 aromatic carbocycles. The van der Waals surface area contributed by atoms with Crippen molar-refractivity contribution in [1.82, 2.24) is 4.98 Å². The van der Waals surface area contributed by atoms with E-state index in [1.54, 1.807) is 26.0 Å². The van der Waals surface area contributed by atoms with E-state index in [2.05, 4.69) is 4.98 Å². The Balaban J connectivity index is 1.74. The van der Waals surface area contributed by atoms with Crippen LogP contribution in [-0.2, 0) is 9.53 Å². The van der Waals surface area contributed by atoms with Gasteiger partial charge in [0.2, 0.25) is 12.0 Å². The summed E-state index contributed by atoms with van der Waals surface area (Å²) in [6.45, 7) is 3.20. The number of hydrogen-bond donors (Lipinski definition) is 0. The van der Waals surface area contributed by atoms with Crippen LogP contribution in [0.5, 0.6) is 11.6 Å². The second-order valence-corrected chi connectivity index (χ2v) is 8.12. The molecule has 1 heterocycles. The first-order valence-electron chi connectivity index (χ1n) is 9.39. The first kappa shape index (κ1) is 23.5. The van der Waals surface area contributed by atoms with Crippen LogP contribution in [0.15, 0.2) is 53.6 Å². The van der Waals surface area contributed by atoms with Crippen LogP contribution in [0.25, 0.3) is 0 Å². The molecular formula is C22H17ClF4N2O3. The molecule has 0 aliphatic heterocycles. The summed E-state index contributed by atoms with van der Waals surface area (Å²) in [6.07, 6.45) is -5.37. The molecule has 0 spiro atoms. The van der Waals surface area contributed by atoms with E-state index in [1.165, 1.54) is 36.4 Å². The highest BCUT2D eigenvalue weighted by molar-refractivity contribution is 6.30. The molecule has 1 aliphatic rings. The Kier molecular flexibility index (Phi) is 6.46. The molecule has 0 amide bonds. The van der Waals surface area contributed by atoms with Gasteiger partial charge in [0.15, 0.2) is 11.6 Å². The monoisotopic (exact) mass is 468 g/mol. The number of nitrogens with zero attached hydrogens (tertiary/aromatic N) is 2. The SMILES string of the molecule is CC1(C)C(C=C(Cl)C(F)(F)F)C1C(=O)OC(C#N)c1cccc(Oc2ccccc2F)n1. The predicted molar refractivity (Wildman–Crippen MR) is 106 cm³/mol. The lowest BCUT2D eigenvalue weighted by molar-refractivity contribution is -0.149. The fourth-order valence-corrected chi connectivity index (χ4v) is 3.44. The van der Waals surface area contributed by atoms with Gasteiger partial charge in [-0.25, -0.2) is 9.37 Å². The zero-order chi connectivity index (χ0) is 23.7. The van der Waals surface area contributed by atoms with Crippen LogP contribution in [0.2, 0.25) is 0 Å². The molecule has 32 heavy (non-hydrogen) atoms. The third-order valence-corrected chi connectivity index (χ3v) is 5.52. The Morgan fingerprint density at radius 1 is 1.25 bits per heavy atom. The zero-order valence-electron chi connectivity index (χ0n) is 16.9. The van der Waals surface area contributed by atoms with Gasteiger partial charge in [-0.2, -0.15) is 18.4 Å². The smallest absolute Gasteiger partial charge is 0.426 e. The van der Waals surface area contributed by atoms with Gasteiger partial charge in [-0.1, -0.05) is 49.7 Å². The number of alkyl halides is 3. The van der Waals surface area contributed by atoms with Gasteiger partial charge in [0.05, 0.1) is 11.6 Å². The summed E-state index contributed by atoms with van der Waals surface area (Å²) in [5, 5.41) is 8.14. The maximum Gasteiger partial charge on any atom is 0.426 e. The van der Waals surface area contributed by atoms with Gasteiger partial charge >= 0.3 is 12.1 Å². The van der Waals surface area contributed by atoms with E-state index < -0.39 is 46.3 Å². The van der Waals surface area contributed by atoms with E-state index in [4.69, 9.17) is 21.1 Å². The van der Waals surface area contributed by atoms with Crippen molar-refractivity contribution in [2.75, 3.05) is 0 Å². The summed E-state index contributed by atoms with van der Waals surface area (Å²) in [5.74, 6) is -3.29. The van der Waals surface area contributed by atoms with Crippen LogP contribution >= 0.6 is 11.6 Å². The number of pyridine rings is 1. The molecule has 168 valence electrons. The van der Waals surface area contributed by atoms with E-state index in [9.17, 15) is 27.6 Å². The van der Waals surface area contributed by atoms with Crippen molar-refractivity contribution in [2.24, 2.45) is 17.3 Å². The van der Waals surface area contributed by atoms with E-state index in [-0.39, 0.29) is 17.3 Å². The number of hydrogen-bond acceptors (Lipinski definition) is 5. The average molecular weight is 469 g/mol. The third kappa shape index (κ3) is 5.02. The minimum absolute atomic E-state index is 0.0218. The average Bonchev–Trinajstić information content (AvgIpc) is 3.27. The zero-order valence-corrected chi connectivity index (χ0v) is 17.6. The van der Waals surface area contributed by atoms with E-state index in [0.29, 0.717) is 0 Å². The first-order chi connectivity index (χ1) is 14.9. The van der Waals surface area contributed by atoms with Gasteiger partial charge < -0.3 is 9.47 Å². The number of esters is 1. The largest absolute Gasteiger partial charge is 0.440 e. The normalized spacial score (nSPS) is 20.8. The molecular weight excluding hydrogens is 452 g/mol. The lowest BCUT2D eigenvalue weighted by Crippen LogP contribution is -2.15. The molecule has 3 atom stereocenters. The molecule has 10 heteroatoms. The van der Waals surface area contributed by atoms with E-state index >= 15 is 0 Å². The number of carbonyl (C=O) groups is 1.